The van der Waals surface area contributed by atoms with Gasteiger partial charge in [0.25, 0.3) is 12.0 Å². The van der Waals surface area contributed by atoms with Crippen LogP contribution in [0.25, 0.3) is 0 Å². The van der Waals surface area contributed by atoms with Crippen LogP contribution in [0.4, 0.5) is 18.9 Å². The Kier molecular flexibility index (Phi) is 3.16. The van der Waals surface area contributed by atoms with Crippen LogP contribution in [0.2, 0.25) is 0 Å². The van der Waals surface area contributed by atoms with Crippen molar-refractivity contribution in [2.45, 2.75) is 12.5 Å². The van der Waals surface area contributed by atoms with Gasteiger partial charge in [0.15, 0.2) is 11.5 Å². The van der Waals surface area contributed by atoms with Crippen LogP contribution in [0.3, 0.4) is 0 Å². The molecule has 8 heteroatoms. The lowest BCUT2D eigenvalue weighted by atomic mass is 10.1. The number of benzene rings is 2. The molecule has 1 heterocycles. The number of hydrogen-bond donors (Lipinski definition) is 0. The largest absolute Gasteiger partial charge is 0.447 e. The lowest BCUT2D eigenvalue weighted by molar-refractivity contribution is -0.384. The molecule has 0 saturated carbocycles. The minimum atomic E-state index is -4.47. The van der Waals surface area contributed by atoms with E-state index in [1.54, 1.807) is 0 Å². The van der Waals surface area contributed by atoms with Gasteiger partial charge in [0.05, 0.1) is 16.6 Å². The van der Waals surface area contributed by atoms with E-state index in [0.717, 1.165) is 12.1 Å². The normalized spacial score (nSPS) is 16.6. The molecule has 0 fully saturated rings. The van der Waals surface area contributed by atoms with E-state index in [9.17, 15) is 23.3 Å². The second kappa shape index (κ2) is 4.90. The average molecular weight is 311 g/mol. The third-order valence-corrected chi connectivity index (χ3v) is 3.09. The fraction of sp³-hybridized carbons (Fsp3) is 0.143. The number of hydrogen-bond acceptors (Lipinski definition) is 4. The Hall–Kier alpha value is -2.77. The Morgan fingerprint density at radius 1 is 1.05 bits per heavy atom. The number of fused-ring (bicyclic) bond motifs is 1. The summed E-state index contributed by atoms with van der Waals surface area (Å²) in [6.45, 7) is 0. The average Bonchev–Trinajstić information content (AvgIpc) is 2.89. The maximum atomic E-state index is 12.7. The van der Waals surface area contributed by atoms with Gasteiger partial charge in [0, 0.05) is 11.6 Å². The van der Waals surface area contributed by atoms with Crippen molar-refractivity contribution < 1.29 is 27.6 Å². The zero-order chi connectivity index (χ0) is 15.9. The molecule has 1 aliphatic heterocycles. The summed E-state index contributed by atoms with van der Waals surface area (Å²) in [4.78, 5) is 10.1. The van der Waals surface area contributed by atoms with Crippen molar-refractivity contribution in [2.24, 2.45) is 0 Å². The highest BCUT2D eigenvalue weighted by molar-refractivity contribution is 5.50. The highest BCUT2D eigenvalue weighted by Crippen LogP contribution is 2.43. The van der Waals surface area contributed by atoms with Crippen LogP contribution >= 0.6 is 0 Å². The summed E-state index contributed by atoms with van der Waals surface area (Å²) in [7, 11) is 0. The van der Waals surface area contributed by atoms with Crippen LogP contribution < -0.4 is 9.47 Å². The highest BCUT2D eigenvalue weighted by atomic mass is 19.4. The summed E-state index contributed by atoms with van der Waals surface area (Å²) in [5.74, 6) is 0.365. The molecule has 1 aliphatic rings. The predicted molar refractivity (Wildman–Crippen MR) is 68.5 cm³/mol. The van der Waals surface area contributed by atoms with Gasteiger partial charge in [-0.05, 0) is 18.2 Å². The molecule has 3 rings (SSSR count). The first kappa shape index (κ1) is 14.2. The third kappa shape index (κ3) is 2.54. The minimum Gasteiger partial charge on any atom is -0.447 e. The molecule has 0 N–H and O–H groups in total. The molecule has 0 bridgehead atoms. The van der Waals surface area contributed by atoms with E-state index in [1.165, 1.54) is 30.3 Å². The van der Waals surface area contributed by atoms with Crippen molar-refractivity contribution in [1.82, 2.24) is 0 Å². The highest BCUT2D eigenvalue weighted by Gasteiger charge is 2.33. The molecule has 1 atom stereocenters. The first-order chi connectivity index (χ1) is 10.3. The Morgan fingerprint density at radius 2 is 1.77 bits per heavy atom. The molecule has 5 nitrogen and oxygen atoms in total. The number of nitro groups is 1. The smallest absolute Gasteiger partial charge is 0.416 e. The molecular formula is C14H8F3NO4. The van der Waals surface area contributed by atoms with Gasteiger partial charge in [-0.15, -0.1) is 0 Å². The number of nitro benzene ring substituents is 1. The molecule has 0 radical (unpaired) electrons. The minimum absolute atomic E-state index is 0.122. The van der Waals surface area contributed by atoms with Crippen molar-refractivity contribution in [3.63, 3.8) is 0 Å². The van der Waals surface area contributed by atoms with E-state index in [4.69, 9.17) is 9.47 Å². The van der Waals surface area contributed by atoms with Crippen molar-refractivity contribution in [3.05, 3.63) is 63.7 Å². The van der Waals surface area contributed by atoms with Crippen LogP contribution in [0, 0.1) is 10.1 Å². The summed E-state index contributed by atoms with van der Waals surface area (Å²) in [5.41, 5.74) is -0.833. The number of alkyl halides is 3. The third-order valence-electron chi connectivity index (χ3n) is 3.09. The van der Waals surface area contributed by atoms with Crippen molar-refractivity contribution >= 4 is 5.69 Å². The summed E-state index contributed by atoms with van der Waals surface area (Å²) in [6, 6.07) is 8.29. The molecule has 0 amide bonds. The first-order valence-corrected chi connectivity index (χ1v) is 6.13. The second-order valence-corrected chi connectivity index (χ2v) is 4.58. The number of non-ortho nitro benzene ring substituents is 1. The lowest BCUT2D eigenvalue weighted by Crippen LogP contribution is -2.11. The Labute approximate surface area is 122 Å². The molecule has 0 saturated heterocycles. The lowest BCUT2D eigenvalue weighted by Gasteiger charge is -2.13. The van der Waals surface area contributed by atoms with Crippen LogP contribution in [0.15, 0.2) is 42.5 Å². The van der Waals surface area contributed by atoms with Gasteiger partial charge in [0.2, 0.25) is 0 Å². The van der Waals surface area contributed by atoms with E-state index in [0.29, 0.717) is 0 Å². The van der Waals surface area contributed by atoms with Gasteiger partial charge in [-0.2, -0.15) is 13.2 Å². The van der Waals surface area contributed by atoms with E-state index >= 15 is 0 Å². The standard InChI is InChI=1S/C14H8F3NO4/c15-14(16,17)9-3-1-2-8(6-9)13-21-11-5-4-10(18(19)20)7-12(11)22-13/h1-7,13H. The van der Waals surface area contributed by atoms with Crippen LogP contribution in [-0.4, -0.2) is 4.92 Å². The van der Waals surface area contributed by atoms with Gasteiger partial charge in [0.1, 0.15) is 0 Å². The summed E-state index contributed by atoms with van der Waals surface area (Å²) < 4.78 is 48.8. The molecule has 0 aliphatic carbocycles. The molecular weight excluding hydrogens is 303 g/mol. The quantitative estimate of drug-likeness (QED) is 0.619. The zero-order valence-electron chi connectivity index (χ0n) is 10.8. The number of halogens is 3. The van der Waals surface area contributed by atoms with Crippen molar-refractivity contribution in [2.75, 3.05) is 0 Å². The van der Waals surface area contributed by atoms with Crippen LogP contribution in [-0.2, 0) is 6.18 Å². The van der Waals surface area contributed by atoms with E-state index < -0.39 is 23.0 Å². The molecule has 0 aromatic heterocycles. The second-order valence-electron chi connectivity index (χ2n) is 4.58. The number of rotatable bonds is 2. The first-order valence-electron chi connectivity index (χ1n) is 6.13. The fourth-order valence-corrected chi connectivity index (χ4v) is 2.05. The Bertz CT molecular complexity index is 745. The zero-order valence-corrected chi connectivity index (χ0v) is 10.8. The van der Waals surface area contributed by atoms with Gasteiger partial charge < -0.3 is 9.47 Å². The van der Waals surface area contributed by atoms with E-state index in [2.05, 4.69) is 0 Å². The molecule has 0 spiro atoms. The Morgan fingerprint density at radius 3 is 2.45 bits per heavy atom. The summed E-state index contributed by atoms with van der Waals surface area (Å²) >= 11 is 0. The molecule has 2 aromatic carbocycles. The van der Waals surface area contributed by atoms with Gasteiger partial charge >= 0.3 is 6.18 Å². The van der Waals surface area contributed by atoms with Crippen molar-refractivity contribution in [3.8, 4) is 11.5 Å². The molecule has 22 heavy (non-hydrogen) atoms. The van der Waals surface area contributed by atoms with E-state index in [-0.39, 0.29) is 22.7 Å². The van der Waals surface area contributed by atoms with Gasteiger partial charge in [-0.1, -0.05) is 12.1 Å². The summed E-state index contributed by atoms with van der Waals surface area (Å²) in [6.07, 6.45) is -5.54. The Balaban J connectivity index is 1.88. The van der Waals surface area contributed by atoms with Crippen LogP contribution in [0.5, 0.6) is 11.5 Å². The topological polar surface area (TPSA) is 61.6 Å². The van der Waals surface area contributed by atoms with E-state index in [1.807, 2.05) is 0 Å². The van der Waals surface area contributed by atoms with Crippen LogP contribution in [0.1, 0.15) is 17.4 Å². The summed E-state index contributed by atoms with van der Waals surface area (Å²) in [5, 5.41) is 10.7. The van der Waals surface area contributed by atoms with Gasteiger partial charge in [-0.3, -0.25) is 10.1 Å². The molecule has 114 valence electrons. The van der Waals surface area contributed by atoms with Crippen molar-refractivity contribution in [1.29, 1.82) is 0 Å². The van der Waals surface area contributed by atoms with Gasteiger partial charge in [-0.25, -0.2) is 0 Å². The number of nitrogens with zero attached hydrogens (tertiary/aromatic N) is 1. The monoisotopic (exact) mass is 311 g/mol. The maximum absolute atomic E-state index is 12.7. The molecule has 1 unspecified atom stereocenters. The number of ether oxygens (including phenoxy) is 2. The molecule has 2 aromatic rings. The maximum Gasteiger partial charge on any atom is 0.416 e. The fourth-order valence-electron chi connectivity index (χ4n) is 2.05. The predicted octanol–water partition coefficient (Wildman–Crippen LogP) is 4.08. The SMILES string of the molecule is O=[N+]([O-])c1ccc2c(c1)OC(c1cccc(C(F)(F)F)c1)O2.